The first-order valence-electron chi connectivity index (χ1n) is 13.7. The van der Waals surface area contributed by atoms with E-state index in [0.29, 0.717) is 24.2 Å². The topological polar surface area (TPSA) is 147 Å². The smallest absolute Gasteiger partial charge is 0.175 e. The molecule has 1 aromatic carbocycles. The van der Waals surface area contributed by atoms with Crippen molar-refractivity contribution in [2.45, 2.75) is 49.1 Å². The van der Waals surface area contributed by atoms with Gasteiger partial charge < -0.3 is 10.5 Å². The van der Waals surface area contributed by atoms with Gasteiger partial charge in [0.1, 0.15) is 27.3 Å². The third-order valence-electron chi connectivity index (χ3n) is 7.84. The molecule has 1 aliphatic carbocycles. The second-order valence-corrected chi connectivity index (χ2v) is 15.6. The van der Waals surface area contributed by atoms with Gasteiger partial charge in [-0.2, -0.15) is 5.10 Å². The molecular formula is C29H33F2N5O5S2. The van der Waals surface area contributed by atoms with E-state index in [1.807, 2.05) is 13.0 Å². The highest BCUT2D eigenvalue weighted by atomic mass is 32.2. The lowest BCUT2D eigenvalue weighted by molar-refractivity contribution is -0.0154. The van der Waals surface area contributed by atoms with E-state index in [-0.39, 0.29) is 42.0 Å². The third kappa shape index (κ3) is 6.92. The summed E-state index contributed by atoms with van der Waals surface area (Å²) in [7, 11) is -6.94. The Balaban J connectivity index is 1.40. The number of ether oxygens (including phenoxy) is 1. The van der Waals surface area contributed by atoms with Crippen LogP contribution in [-0.2, 0) is 30.8 Å². The van der Waals surface area contributed by atoms with Crippen LogP contribution < -0.4 is 5.73 Å². The molecule has 5 rings (SSSR count). The Morgan fingerprint density at radius 3 is 2.42 bits per heavy atom. The molecule has 1 aliphatic rings. The van der Waals surface area contributed by atoms with Crippen LogP contribution in [0.4, 0.5) is 8.78 Å². The zero-order valence-electron chi connectivity index (χ0n) is 23.9. The predicted molar refractivity (Wildman–Crippen MR) is 157 cm³/mol. The summed E-state index contributed by atoms with van der Waals surface area (Å²) in [4.78, 5) is 8.37. The first-order chi connectivity index (χ1) is 20.2. The second kappa shape index (κ2) is 12.0. The van der Waals surface area contributed by atoms with Gasteiger partial charge in [-0.15, -0.1) is 0 Å². The maximum absolute atomic E-state index is 14.9. The lowest BCUT2D eigenvalue weighted by Gasteiger charge is -2.39. The summed E-state index contributed by atoms with van der Waals surface area (Å²) >= 11 is 0. The molecule has 230 valence electrons. The summed E-state index contributed by atoms with van der Waals surface area (Å²) in [6.45, 7) is 2.15. The van der Waals surface area contributed by atoms with E-state index < -0.39 is 41.8 Å². The normalized spacial score (nSPS) is 21.3. The van der Waals surface area contributed by atoms with Crippen molar-refractivity contribution >= 4 is 25.2 Å². The molecule has 1 saturated carbocycles. The summed E-state index contributed by atoms with van der Waals surface area (Å²) in [6, 6.07) is 6.33. The summed E-state index contributed by atoms with van der Waals surface area (Å²) in [5.41, 5.74) is 8.64. The molecule has 0 saturated heterocycles. The van der Waals surface area contributed by atoms with Crippen molar-refractivity contribution < 1.29 is 30.4 Å². The Kier molecular flexibility index (Phi) is 8.67. The molecule has 0 aliphatic heterocycles. The second-order valence-electron chi connectivity index (χ2n) is 11.3. The number of fused-ring (bicyclic) bond motifs is 1. The van der Waals surface area contributed by atoms with Crippen LogP contribution in [0.15, 0.2) is 53.8 Å². The average molecular weight is 634 g/mol. The quantitative estimate of drug-likeness (QED) is 0.293. The number of rotatable bonds is 9. The maximum Gasteiger partial charge on any atom is 0.175 e. The van der Waals surface area contributed by atoms with Crippen molar-refractivity contribution in [3.05, 3.63) is 77.5 Å². The number of nitrogens with two attached hydrogens (primary N) is 1. The number of imidazole rings is 1. The molecule has 4 atom stereocenters. The van der Waals surface area contributed by atoms with Crippen molar-refractivity contribution in [1.82, 2.24) is 19.6 Å². The van der Waals surface area contributed by atoms with Gasteiger partial charge >= 0.3 is 0 Å². The largest absolute Gasteiger partial charge is 0.375 e. The minimum Gasteiger partial charge on any atom is -0.375 e. The number of nitrogens with zero attached hydrogens (tertiary/aromatic N) is 4. The number of halogens is 2. The summed E-state index contributed by atoms with van der Waals surface area (Å²) < 4.78 is 83.9. The van der Waals surface area contributed by atoms with Crippen LogP contribution in [0.2, 0.25) is 0 Å². The Bertz CT molecular complexity index is 1850. The zero-order chi connectivity index (χ0) is 31.1. The van der Waals surface area contributed by atoms with Crippen molar-refractivity contribution in [3.63, 3.8) is 0 Å². The molecule has 43 heavy (non-hydrogen) atoms. The Hall–Kier alpha value is -3.33. The van der Waals surface area contributed by atoms with Crippen LogP contribution in [-0.4, -0.2) is 73.4 Å². The third-order valence-corrected chi connectivity index (χ3v) is 9.84. The maximum atomic E-state index is 14.9. The number of aromatic nitrogens is 4. The van der Waals surface area contributed by atoms with Crippen molar-refractivity contribution in [3.8, 4) is 11.3 Å². The van der Waals surface area contributed by atoms with Crippen LogP contribution in [0.25, 0.3) is 16.8 Å². The van der Waals surface area contributed by atoms with Crippen LogP contribution >= 0.6 is 0 Å². The van der Waals surface area contributed by atoms with Gasteiger partial charge in [-0.1, -0.05) is 6.92 Å². The molecule has 3 aromatic heterocycles. The minimum absolute atomic E-state index is 0.0118. The Morgan fingerprint density at radius 2 is 1.77 bits per heavy atom. The Morgan fingerprint density at radius 1 is 1.05 bits per heavy atom. The molecule has 4 aromatic rings. The molecule has 14 heteroatoms. The predicted octanol–water partition coefficient (Wildman–Crippen LogP) is 3.33. The lowest BCUT2D eigenvalue weighted by Crippen LogP contribution is -2.47. The molecule has 0 radical (unpaired) electrons. The molecule has 0 spiro atoms. The van der Waals surface area contributed by atoms with E-state index in [0.717, 1.165) is 35.9 Å². The monoisotopic (exact) mass is 633 g/mol. The Labute approximate surface area is 249 Å². The highest BCUT2D eigenvalue weighted by molar-refractivity contribution is 7.91. The summed E-state index contributed by atoms with van der Waals surface area (Å²) in [5.74, 6) is -1.42. The number of pyridine rings is 1. The highest BCUT2D eigenvalue weighted by Gasteiger charge is 2.36. The molecule has 10 nitrogen and oxygen atoms in total. The molecule has 3 heterocycles. The van der Waals surface area contributed by atoms with Gasteiger partial charge in [0.15, 0.2) is 9.84 Å². The minimum atomic E-state index is -3.81. The fraction of sp³-hybridized carbons (Fsp3) is 0.414. The average Bonchev–Trinajstić information content (AvgIpc) is 3.31. The van der Waals surface area contributed by atoms with Gasteiger partial charge in [0, 0.05) is 37.4 Å². The van der Waals surface area contributed by atoms with Crippen molar-refractivity contribution in [1.29, 1.82) is 0 Å². The van der Waals surface area contributed by atoms with Gasteiger partial charge in [-0.25, -0.2) is 35.1 Å². The van der Waals surface area contributed by atoms with E-state index >= 15 is 0 Å². The number of hydrogen-bond acceptors (Lipinski definition) is 9. The van der Waals surface area contributed by atoms with Gasteiger partial charge in [-0.3, -0.25) is 4.98 Å². The van der Waals surface area contributed by atoms with Crippen molar-refractivity contribution in [2.75, 3.05) is 24.9 Å². The molecule has 1 fully saturated rings. The zero-order valence-corrected chi connectivity index (χ0v) is 25.6. The fourth-order valence-electron chi connectivity index (χ4n) is 5.79. The van der Waals surface area contributed by atoms with E-state index in [1.54, 1.807) is 24.7 Å². The standard InChI is InChI=1S/C29H33F2N5O5S2/c1-17-10-18(11-25(32)29(17)41-8-9-42(2,37)38)22-6-7-33-15-19(22)12-27-34-16-20-4-5-26(35-36(20)27)28-23(30)13-21(14-24(28)31)43(3,39)40/h4-7,13-18,25,29H,8-12,32H2,1-3H3/t17-,18+,25+,29-/m0/s1. The van der Waals surface area contributed by atoms with Crippen LogP contribution in [0.1, 0.15) is 42.6 Å². The molecular weight excluding hydrogens is 600 g/mol. The molecule has 0 bridgehead atoms. The summed E-state index contributed by atoms with van der Waals surface area (Å²) in [6.07, 6.45) is 8.64. The highest BCUT2D eigenvalue weighted by Crippen LogP contribution is 2.38. The number of sulfone groups is 2. The van der Waals surface area contributed by atoms with Gasteiger partial charge in [0.05, 0.1) is 46.3 Å². The fourth-order valence-corrected chi connectivity index (χ4v) is 6.83. The number of hydrogen-bond donors (Lipinski definition) is 1. The first kappa shape index (κ1) is 31.1. The van der Waals surface area contributed by atoms with Crippen LogP contribution in [0.5, 0.6) is 0 Å². The van der Waals surface area contributed by atoms with E-state index in [1.165, 1.54) is 16.8 Å². The van der Waals surface area contributed by atoms with Crippen LogP contribution in [0.3, 0.4) is 0 Å². The van der Waals surface area contributed by atoms with Gasteiger partial charge in [-0.05, 0) is 66.1 Å². The summed E-state index contributed by atoms with van der Waals surface area (Å²) in [5, 5.41) is 4.46. The van der Waals surface area contributed by atoms with Crippen LogP contribution in [0, 0.1) is 17.6 Å². The van der Waals surface area contributed by atoms with E-state index in [4.69, 9.17) is 10.5 Å². The number of benzene rings is 1. The molecule has 2 N–H and O–H groups in total. The lowest BCUT2D eigenvalue weighted by atomic mass is 9.73. The first-order valence-corrected chi connectivity index (χ1v) is 17.7. The van der Waals surface area contributed by atoms with E-state index in [9.17, 15) is 25.6 Å². The van der Waals surface area contributed by atoms with Gasteiger partial charge in [0.2, 0.25) is 0 Å². The van der Waals surface area contributed by atoms with E-state index in [2.05, 4.69) is 15.1 Å². The molecule has 0 unspecified atom stereocenters. The SMILES string of the molecule is C[C@H]1C[C@@H](c2ccncc2Cc2ncc3ccc(-c4c(F)cc(S(C)(=O)=O)cc4F)nn23)C[C@@H](N)[C@H]1OCCS(C)(=O)=O. The van der Waals surface area contributed by atoms with Crippen molar-refractivity contribution in [2.24, 2.45) is 11.7 Å². The molecule has 0 amide bonds. The van der Waals surface area contributed by atoms with Gasteiger partial charge in [0.25, 0.3) is 0 Å².